The van der Waals surface area contributed by atoms with Gasteiger partial charge in [-0.15, -0.1) is 0 Å². The molecule has 7 heteroatoms. The molecular formula is C14H18N2O5. The summed E-state index contributed by atoms with van der Waals surface area (Å²) in [5.74, 6) is -1.55. The van der Waals surface area contributed by atoms with E-state index < -0.39 is 23.3 Å². The van der Waals surface area contributed by atoms with E-state index in [1.807, 2.05) is 13.8 Å². The Morgan fingerprint density at radius 1 is 1.38 bits per heavy atom. The Bertz CT molecular complexity index is 568. The van der Waals surface area contributed by atoms with Gasteiger partial charge in [-0.2, -0.15) is 0 Å². The molecule has 114 valence electrons. The number of amides is 1. The molecule has 0 aliphatic carbocycles. The zero-order chi connectivity index (χ0) is 16.2. The standard InChI is InChI=1S/C14H18N2O5/c1-9(2)7-15(8-13(17)18)14(19)11-5-4-10(3)12(6-11)16(20)21/h4-6,9H,7-8H2,1-3H3,(H,17,18). The van der Waals surface area contributed by atoms with E-state index in [0.29, 0.717) is 5.56 Å². The molecular weight excluding hydrogens is 276 g/mol. The Labute approximate surface area is 122 Å². The maximum absolute atomic E-state index is 12.3. The molecule has 1 aromatic carbocycles. The van der Waals surface area contributed by atoms with E-state index in [4.69, 9.17) is 5.11 Å². The van der Waals surface area contributed by atoms with Crippen LogP contribution in [0.25, 0.3) is 0 Å². The Hall–Kier alpha value is -2.44. The molecule has 0 atom stereocenters. The Balaban J connectivity index is 3.11. The van der Waals surface area contributed by atoms with E-state index in [2.05, 4.69) is 0 Å². The van der Waals surface area contributed by atoms with Crippen molar-refractivity contribution in [2.75, 3.05) is 13.1 Å². The van der Waals surface area contributed by atoms with Crippen molar-refractivity contribution in [3.8, 4) is 0 Å². The molecule has 1 N–H and O–H groups in total. The molecule has 0 unspecified atom stereocenters. The molecule has 0 radical (unpaired) electrons. The van der Waals surface area contributed by atoms with Gasteiger partial charge in [0.15, 0.2) is 0 Å². The zero-order valence-electron chi connectivity index (χ0n) is 12.2. The first-order valence-electron chi connectivity index (χ1n) is 6.48. The van der Waals surface area contributed by atoms with Crippen LogP contribution in [0.15, 0.2) is 18.2 Å². The molecule has 0 bridgehead atoms. The third kappa shape index (κ3) is 4.55. The third-order valence-electron chi connectivity index (χ3n) is 2.85. The molecule has 1 aromatic rings. The van der Waals surface area contributed by atoms with Gasteiger partial charge in [0, 0.05) is 23.7 Å². The average Bonchev–Trinajstić information content (AvgIpc) is 2.36. The number of aryl methyl sites for hydroxylation is 1. The highest BCUT2D eigenvalue weighted by Crippen LogP contribution is 2.20. The van der Waals surface area contributed by atoms with Crippen molar-refractivity contribution < 1.29 is 19.6 Å². The molecule has 0 aliphatic rings. The smallest absolute Gasteiger partial charge is 0.323 e. The first-order valence-corrected chi connectivity index (χ1v) is 6.48. The second-order valence-corrected chi connectivity index (χ2v) is 5.23. The van der Waals surface area contributed by atoms with Crippen LogP contribution in [0.4, 0.5) is 5.69 Å². The number of carbonyl (C=O) groups excluding carboxylic acids is 1. The second kappa shape index (κ2) is 6.83. The highest BCUT2D eigenvalue weighted by atomic mass is 16.6. The van der Waals surface area contributed by atoms with Crippen LogP contribution in [0.5, 0.6) is 0 Å². The van der Waals surface area contributed by atoms with E-state index in [-0.39, 0.29) is 23.7 Å². The van der Waals surface area contributed by atoms with Crippen LogP contribution in [0.1, 0.15) is 29.8 Å². The van der Waals surface area contributed by atoms with Crippen LogP contribution < -0.4 is 0 Å². The monoisotopic (exact) mass is 294 g/mol. The topological polar surface area (TPSA) is 101 Å². The van der Waals surface area contributed by atoms with Gasteiger partial charge in [0.25, 0.3) is 11.6 Å². The quantitative estimate of drug-likeness (QED) is 0.639. The average molecular weight is 294 g/mol. The summed E-state index contributed by atoms with van der Waals surface area (Å²) in [7, 11) is 0. The molecule has 0 saturated heterocycles. The molecule has 21 heavy (non-hydrogen) atoms. The van der Waals surface area contributed by atoms with E-state index in [9.17, 15) is 19.7 Å². The molecule has 1 rings (SSSR count). The van der Waals surface area contributed by atoms with Crippen LogP contribution in [0, 0.1) is 23.0 Å². The number of benzene rings is 1. The molecule has 0 aromatic heterocycles. The number of carboxylic acid groups (broad SMARTS) is 1. The van der Waals surface area contributed by atoms with Gasteiger partial charge in [0.2, 0.25) is 0 Å². The van der Waals surface area contributed by atoms with Crippen LogP contribution in [-0.2, 0) is 4.79 Å². The minimum atomic E-state index is -1.12. The molecule has 0 aliphatic heterocycles. The lowest BCUT2D eigenvalue weighted by molar-refractivity contribution is -0.385. The summed E-state index contributed by atoms with van der Waals surface area (Å²) in [5.41, 5.74) is 0.417. The molecule has 1 amide bonds. The van der Waals surface area contributed by atoms with E-state index in [1.54, 1.807) is 6.92 Å². The maximum atomic E-state index is 12.3. The number of carboxylic acids is 1. The van der Waals surface area contributed by atoms with Crippen molar-refractivity contribution in [1.29, 1.82) is 0 Å². The van der Waals surface area contributed by atoms with Gasteiger partial charge in [0.05, 0.1) is 4.92 Å². The van der Waals surface area contributed by atoms with Crippen molar-refractivity contribution >= 4 is 17.6 Å². The summed E-state index contributed by atoms with van der Waals surface area (Å²) in [6.45, 7) is 5.14. The minimum Gasteiger partial charge on any atom is -0.480 e. The Morgan fingerprint density at radius 3 is 2.48 bits per heavy atom. The SMILES string of the molecule is Cc1ccc(C(=O)N(CC(=O)O)CC(C)C)cc1[N+](=O)[O-]. The number of nitro groups is 1. The lowest BCUT2D eigenvalue weighted by Gasteiger charge is -2.22. The maximum Gasteiger partial charge on any atom is 0.323 e. The summed E-state index contributed by atoms with van der Waals surface area (Å²) >= 11 is 0. The van der Waals surface area contributed by atoms with Crippen molar-refractivity contribution in [2.24, 2.45) is 5.92 Å². The number of carbonyl (C=O) groups is 2. The molecule has 0 saturated carbocycles. The molecule has 7 nitrogen and oxygen atoms in total. The fourth-order valence-corrected chi connectivity index (χ4v) is 1.95. The van der Waals surface area contributed by atoms with Crippen LogP contribution in [0.3, 0.4) is 0 Å². The lowest BCUT2D eigenvalue weighted by Crippen LogP contribution is -2.38. The Morgan fingerprint density at radius 2 is 2.00 bits per heavy atom. The third-order valence-corrected chi connectivity index (χ3v) is 2.85. The number of nitro benzene ring substituents is 1. The first kappa shape index (κ1) is 16.6. The summed E-state index contributed by atoms with van der Waals surface area (Å²) in [6.07, 6.45) is 0. The van der Waals surface area contributed by atoms with Gasteiger partial charge in [-0.25, -0.2) is 0 Å². The van der Waals surface area contributed by atoms with E-state index >= 15 is 0 Å². The fraction of sp³-hybridized carbons (Fsp3) is 0.429. The van der Waals surface area contributed by atoms with Crippen LogP contribution >= 0.6 is 0 Å². The van der Waals surface area contributed by atoms with Gasteiger partial charge < -0.3 is 10.0 Å². The molecule has 0 fully saturated rings. The lowest BCUT2D eigenvalue weighted by atomic mass is 10.1. The van der Waals surface area contributed by atoms with Gasteiger partial charge >= 0.3 is 5.97 Å². The zero-order valence-corrected chi connectivity index (χ0v) is 12.2. The number of hydrogen-bond acceptors (Lipinski definition) is 4. The summed E-state index contributed by atoms with van der Waals surface area (Å²) in [6, 6.07) is 4.15. The van der Waals surface area contributed by atoms with E-state index in [1.165, 1.54) is 23.1 Å². The highest BCUT2D eigenvalue weighted by molar-refractivity contribution is 5.96. The van der Waals surface area contributed by atoms with Crippen molar-refractivity contribution in [2.45, 2.75) is 20.8 Å². The number of rotatable bonds is 6. The predicted molar refractivity (Wildman–Crippen MR) is 76.2 cm³/mol. The van der Waals surface area contributed by atoms with E-state index in [0.717, 1.165) is 0 Å². The van der Waals surface area contributed by atoms with Gasteiger partial charge in [-0.3, -0.25) is 19.7 Å². The van der Waals surface area contributed by atoms with Gasteiger partial charge in [-0.05, 0) is 18.9 Å². The number of hydrogen-bond donors (Lipinski definition) is 1. The normalized spacial score (nSPS) is 10.5. The summed E-state index contributed by atoms with van der Waals surface area (Å²) in [5, 5.41) is 19.8. The molecule has 0 spiro atoms. The number of aliphatic carboxylic acids is 1. The highest BCUT2D eigenvalue weighted by Gasteiger charge is 2.22. The largest absolute Gasteiger partial charge is 0.480 e. The first-order chi connectivity index (χ1) is 9.72. The fourth-order valence-electron chi connectivity index (χ4n) is 1.95. The van der Waals surface area contributed by atoms with Crippen LogP contribution in [0.2, 0.25) is 0 Å². The summed E-state index contributed by atoms with van der Waals surface area (Å²) < 4.78 is 0. The Kier molecular flexibility index (Phi) is 5.40. The summed E-state index contributed by atoms with van der Waals surface area (Å²) in [4.78, 5) is 34.7. The second-order valence-electron chi connectivity index (χ2n) is 5.23. The van der Waals surface area contributed by atoms with Gasteiger partial charge in [0.1, 0.15) is 6.54 Å². The minimum absolute atomic E-state index is 0.0914. The van der Waals surface area contributed by atoms with Crippen molar-refractivity contribution in [3.05, 3.63) is 39.4 Å². The van der Waals surface area contributed by atoms with Gasteiger partial charge in [-0.1, -0.05) is 19.9 Å². The number of nitrogens with zero attached hydrogens (tertiary/aromatic N) is 2. The molecule has 0 heterocycles. The van der Waals surface area contributed by atoms with Crippen molar-refractivity contribution in [3.63, 3.8) is 0 Å². The van der Waals surface area contributed by atoms with Crippen molar-refractivity contribution in [1.82, 2.24) is 4.90 Å². The predicted octanol–water partition coefficient (Wildman–Crippen LogP) is 2.09. The van der Waals surface area contributed by atoms with Crippen LogP contribution in [-0.4, -0.2) is 39.9 Å².